The van der Waals surface area contributed by atoms with Crippen molar-refractivity contribution in [3.8, 4) is 17.8 Å². The predicted molar refractivity (Wildman–Crippen MR) is 102 cm³/mol. The van der Waals surface area contributed by atoms with Crippen LogP contribution in [-0.2, 0) is 14.3 Å². The highest BCUT2D eigenvalue weighted by molar-refractivity contribution is 5.87. The van der Waals surface area contributed by atoms with E-state index in [0.29, 0.717) is 6.42 Å². The van der Waals surface area contributed by atoms with Gasteiger partial charge in [-0.2, -0.15) is 9.97 Å². The minimum Gasteiger partial charge on any atom is -0.481 e. The molecule has 2 unspecified atom stereocenters. The average Bonchev–Trinajstić information content (AvgIpc) is 2.61. The van der Waals surface area contributed by atoms with Crippen LogP contribution in [0.2, 0.25) is 0 Å². The summed E-state index contributed by atoms with van der Waals surface area (Å²) in [7, 11) is 2.90. The average molecular weight is 397 g/mol. The molecular formula is C19H31N3O6. The summed E-state index contributed by atoms with van der Waals surface area (Å²) in [5.41, 5.74) is -0.645. The zero-order valence-electron chi connectivity index (χ0n) is 17.9. The molecule has 0 saturated heterocycles. The third kappa shape index (κ3) is 7.21. The molecule has 158 valence electrons. The molecule has 1 aromatic heterocycles. The van der Waals surface area contributed by atoms with Gasteiger partial charge in [0.1, 0.15) is 11.6 Å². The van der Waals surface area contributed by atoms with Crippen molar-refractivity contribution in [3.63, 3.8) is 0 Å². The number of esters is 1. The summed E-state index contributed by atoms with van der Waals surface area (Å²) in [4.78, 5) is 33.2. The SMILES string of the molecule is CCC(NC(=O)C(Oc1nc(OC)cc(OC)n1)C(C)C)C(=O)OC(C)(C)C. The number of ether oxygens (including phenoxy) is 4. The van der Waals surface area contributed by atoms with E-state index < -0.39 is 29.6 Å². The summed E-state index contributed by atoms with van der Waals surface area (Å²) >= 11 is 0. The number of hydrogen-bond acceptors (Lipinski definition) is 8. The Morgan fingerprint density at radius 2 is 1.64 bits per heavy atom. The molecule has 2 atom stereocenters. The fraction of sp³-hybridized carbons (Fsp3) is 0.684. The third-order valence-electron chi connectivity index (χ3n) is 3.59. The summed E-state index contributed by atoms with van der Waals surface area (Å²) in [5, 5.41) is 2.69. The van der Waals surface area contributed by atoms with E-state index in [4.69, 9.17) is 18.9 Å². The number of hydrogen-bond donors (Lipinski definition) is 1. The van der Waals surface area contributed by atoms with Crippen LogP contribution in [0.4, 0.5) is 0 Å². The highest BCUT2D eigenvalue weighted by atomic mass is 16.6. The fourth-order valence-corrected chi connectivity index (χ4v) is 2.21. The molecule has 0 aliphatic carbocycles. The molecule has 0 aromatic carbocycles. The number of aromatic nitrogens is 2. The molecule has 0 aliphatic rings. The number of carbonyl (C=O) groups is 2. The fourth-order valence-electron chi connectivity index (χ4n) is 2.21. The summed E-state index contributed by atoms with van der Waals surface area (Å²) in [6, 6.07) is 0.653. The van der Waals surface area contributed by atoms with E-state index in [2.05, 4.69) is 15.3 Å². The van der Waals surface area contributed by atoms with Gasteiger partial charge in [0.25, 0.3) is 5.91 Å². The third-order valence-corrected chi connectivity index (χ3v) is 3.59. The maximum absolute atomic E-state index is 12.8. The van der Waals surface area contributed by atoms with Crippen molar-refractivity contribution in [3.05, 3.63) is 6.07 Å². The van der Waals surface area contributed by atoms with Crippen LogP contribution in [0.15, 0.2) is 6.07 Å². The van der Waals surface area contributed by atoms with Gasteiger partial charge in [-0.15, -0.1) is 0 Å². The van der Waals surface area contributed by atoms with E-state index in [1.165, 1.54) is 20.3 Å². The summed E-state index contributed by atoms with van der Waals surface area (Å²) < 4.78 is 21.2. The molecular weight excluding hydrogens is 366 g/mol. The van der Waals surface area contributed by atoms with E-state index in [0.717, 1.165) is 0 Å². The van der Waals surface area contributed by atoms with Crippen molar-refractivity contribution in [2.75, 3.05) is 14.2 Å². The first kappa shape index (κ1) is 23.5. The second kappa shape index (κ2) is 10.1. The number of nitrogens with zero attached hydrogens (tertiary/aromatic N) is 2. The van der Waals surface area contributed by atoms with Crippen molar-refractivity contribution < 1.29 is 28.5 Å². The molecule has 1 N–H and O–H groups in total. The van der Waals surface area contributed by atoms with Gasteiger partial charge < -0.3 is 24.3 Å². The van der Waals surface area contributed by atoms with Crippen LogP contribution in [0, 0.1) is 5.92 Å². The number of methoxy groups -OCH3 is 2. The number of nitrogens with one attached hydrogen (secondary N) is 1. The van der Waals surface area contributed by atoms with Crippen molar-refractivity contribution in [1.82, 2.24) is 15.3 Å². The first-order valence-electron chi connectivity index (χ1n) is 9.17. The van der Waals surface area contributed by atoms with Gasteiger partial charge >= 0.3 is 12.0 Å². The first-order chi connectivity index (χ1) is 13.0. The molecule has 28 heavy (non-hydrogen) atoms. The molecule has 1 amide bonds. The zero-order valence-corrected chi connectivity index (χ0v) is 17.9. The summed E-state index contributed by atoms with van der Waals surface area (Å²) in [5.74, 6) is -0.685. The Labute approximate surface area is 166 Å². The molecule has 0 aliphatic heterocycles. The Kier molecular flexibility index (Phi) is 8.46. The minimum absolute atomic E-state index is 0.0598. The number of amides is 1. The highest BCUT2D eigenvalue weighted by Gasteiger charge is 2.31. The van der Waals surface area contributed by atoms with Crippen LogP contribution in [0.25, 0.3) is 0 Å². The summed E-state index contributed by atoms with van der Waals surface area (Å²) in [6.07, 6.45) is -0.539. The van der Waals surface area contributed by atoms with Crippen molar-refractivity contribution >= 4 is 11.9 Å². The number of rotatable bonds is 9. The lowest BCUT2D eigenvalue weighted by atomic mass is 10.1. The lowest BCUT2D eigenvalue weighted by molar-refractivity contribution is -0.159. The van der Waals surface area contributed by atoms with Gasteiger partial charge in [0.05, 0.1) is 20.3 Å². The molecule has 0 spiro atoms. The maximum atomic E-state index is 12.8. The molecule has 0 radical (unpaired) electrons. The normalized spacial score (nSPS) is 13.5. The maximum Gasteiger partial charge on any atom is 0.329 e. The van der Waals surface area contributed by atoms with E-state index >= 15 is 0 Å². The van der Waals surface area contributed by atoms with Crippen LogP contribution in [0.1, 0.15) is 48.0 Å². The van der Waals surface area contributed by atoms with Crippen molar-refractivity contribution in [2.45, 2.75) is 65.7 Å². The van der Waals surface area contributed by atoms with Crippen molar-refractivity contribution in [2.24, 2.45) is 5.92 Å². The molecule has 0 bridgehead atoms. The lowest BCUT2D eigenvalue weighted by Gasteiger charge is -2.26. The smallest absolute Gasteiger partial charge is 0.329 e. The second-order valence-electron chi connectivity index (χ2n) is 7.52. The van der Waals surface area contributed by atoms with Gasteiger partial charge in [0.2, 0.25) is 11.8 Å². The van der Waals surface area contributed by atoms with E-state index in [1.807, 2.05) is 13.8 Å². The van der Waals surface area contributed by atoms with E-state index in [1.54, 1.807) is 27.7 Å². The van der Waals surface area contributed by atoms with Gasteiger partial charge in [0.15, 0.2) is 6.10 Å². The standard InChI is InChI=1S/C19H31N3O6/c1-9-12(17(24)28-19(4,5)6)20-16(23)15(11(2)3)27-18-21-13(25-7)10-14(22-18)26-8/h10-12,15H,9H2,1-8H3,(H,20,23). The van der Waals surface area contributed by atoms with Crippen molar-refractivity contribution in [1.29, 1.82) is 0 Å². The number of carbonyl (C=O) groups excluding carboxylic acids is 2. The Hall–Kier alpha value is -2.58. The molecule has 1 rings (SSSR count). The van der Waals surface area contributed by atoms with E-state index in [-0.39, 0.29) is 23.7 Å². The van der Waals surface area contributed by atoms with Gasteiger partial charge in [-0.25, -0.2) is 4.79 Å². The second-order valence-corrected chi connectivity index (χ2v) is 7.52. The van der Waals surface area contributed by atoms with Crippen LogP contribution < -0.4 is 19.5 Å². The van der Waals surface area contributed by atoms with Crippen LogP contribution in [0.3, 0.4) is 0 Å². The van der Waals surface area contributed by atoms with Gasteiger partial charge in [-0.1, -0.05) is 20.8 Å². The minimum atomic E-state index is -0.923. The molecule has 0 saturated carbocycles. The Morgan fingerprint density at radius 1 is 1.11 bits per heavy atom. The Bertz CT molecular complexity index is 650. The topological polar surface area (TPSA) is 109 Å². The highest BCUT2D eigenvalue weighted by Crippen LogP contribution is 2.21. The largest absolute Gasteiger partial charge is 0.481 e. The lowest BCUT2D eigenvalue weighted by Crippen LogP contribution is -2.50. The molecule has 1 heterocycles. The van der Waals surface area contributed by atoms with Crippen LogP contribution in [-0.4, -0.2) is 53.8 Å². The quantitative estimate of drug-likeness (QED) is 0.631. The molecule has 1 aromatic rings. The predicted octanol–water partition coefficient (Wildman–Crippen LogP) is 2.13. The Balaban J connectivity index is 2.96. The zero-order chi connectivity index (χ0) is 21.5. The molecule has 9 nitrogen and oxygen atoms in total. The summed E-state index contributed by atoms with van der Waals surface area (Å²) in [6.45, 7) is 10.7. The van der Waals surface area contributed by atoms with Gasteiger partial charge in [-0.3, -0.25) is 4.79 Å². The van der Waals surface area contributed by atoms with Crippen LogP contribution in [0.5, 0.6) is 17.8 Å². The molecule has 9 heteroatoms. The van der Waals surface area contributed by atoms with E-state index in [9.17, 15) is 9.59 Å². The molecule has 0 fully saturated rings. The monoisotopic (exact) mass is 397 g/mol. The van der Waals surface area contributed by atoms with Gasteiger partial charge in [0, 0.05) is 0 Å². The first-order valence-corrected chi connectivity index (χ1v) is 9.17. The Morgan fingerprint density at radius 3 is 2.04 bits per heavy atom. The van der Waals surface area contributed by atoms with Crippen LogP contribution >= 0.6 is 0 Å². The van der Waals surface area contributed by atoms with Gasteiger partial charge in [-0.05, 0) is 33.1 Å².